The van der Waals surface area contributed by atoms with Crippen LogP contribution in [-0.2, 0) is 4.79 Å². The van der Waals surface area contributed by atoms with E-state index in [0.29, 0.717) is 24.4 Å². The summed E-state index contributed by atoms with van der Waals surface area (Å²) in [6, 6.07) is 16.9. The predicted octanol–water partition coefficient (Wildman–Crippen LogP) is -1.15. The summed E-state index contributed by atoms with van der Waals surface area (Å²) in [6.45, 7) is 6.12. The lowest BCUT2D eigenvalue weighted by Gasteiger charge is -2.29. The molecule has 154 valence electrons. The molecule has 2 aromatic carbocycles. The van der Waals surface area contributed by atoms with E-state index in [-0.39, 0.29) is 11.8 Å². The molecule has 1 fully saturated rings. The highest BCUT2D eigenvalue weighted by Crippen LogP contribution is 2.10. The number of hydrogen-bond donors (Lipinski definition) is 4. The second-order valence-electron chi connectivity index (χ2n) is 7.30. The van der Waals surface area contributed by atoms with E-state index in [9.17, 15) is 9.59 Å². The lowest BCUT2D eigenvalue weighted by Crippen LogP contribution is -3.28. The van der Waals surface area contributed by atoms with Gasteiger partial charge in [0.05, 0.1) is 0 Å². The number of quaternary nitrogens is 2. The zero-order valence-corrected chi connectivity index (χ0v) is 16.9. The Morgan fingerprint density at radius 3 is 2.41 bits per heavy atom. The van der Waals surface area contributed by atoms with E-state index < -0.39 is 0 Å². The summed E-state index contributed by atoms with van der Waals surface area (Å²) in [6.07, 6.45) is 0. The zero-order chi connectivity index (χ0) is 20.5. The molecular formula is C22H30N4O3+2. The van der Waals surface area contributed by atoms with Gasteiger partial charge in [-0.1, -0.05) is 24.3 Å². The van der Waals surface area contributed by atoms with Gasteiger partial charge in [-0.05, 0) is 30.3 Å². The number of carbonyl (C=O) groups is 2. The number of para-hydroxylation sites is 1. The first-order valence-electron chi connectivity index (χ1n) is 10.1. The van der Waals surface area contributed by atoms with Crippen LogP contribution in [-0.4, -0.2) is 64.7 Å². The molecule has 1 aliphatic rings. The molecule has 1 heterocycles. The second-order valence-corrected chi connectivity index (χ2v) is 7.30. The molecule has 0 aliphatic carbocycles. The van der Waals surface area contributed by atoms with Gasteiger partial charge in [-0.25, -0.2) is 0 Å². The minimum Gasteiger partial charge on any atom is -0.488 e. The molecule has 0 spiro atoms. The number of carbonyl (C=O) groups excluding carboxylic acids is 2. The van der Waals surface area contributed by atoms with E-state index in [2.05, 4.69) is 10.6 Å². The molecule has 2 aromatic rings. The lowest BCUT2D eigenvalue weighted by atomic mass is 10.2. The number of benzene rings is 2. The molecule has 0 radical (unpaired) electrons. The molecule has 0 saturated carbocycles. The van der Waals surface area contributed by atoms with Crippen molar-refractivity contribution in [2.45, 2.75) is 0 Å². The monoisotopic (exact) mass is 398 g/mol. The molecule has 7 nitrogen and oxygen atoms in total. The van der Waals surface area contributed by atoms with E-state index >= 15 is 0 Å². The van der Waals surface area contributed by atoms with Crippen molar-refractivity contribution >= 4 is 17.5 Å². The Kier molecular flexibility index (Phi) is 7.61. The van der Waals surface area contributed by atoms with Crippen molar-refractivity contribution in [3.05, 3.63) is 60.2 Å². The number of hydrogen-bond acceptors (Lipinski definition) is 3. The van der Waals surface area contributed by atoms with E-state index in [1.807, 2.05) is 30.3 Å². The highest BCUT2D eigenvalue weighted by Gasteiger charge is 2.24. The van der Waals surface area contributed by atoms with E-state index in [0.717, 1.165) is 38.5 Å². The summed E-state index contributed by atoms with van der Waals surface area (Å²) in [5.74, 6) is 0.723. The van der Waals surface area contributed by atoms with Crippen LogP contribution in [0.4, 0.5) is 5.69 Å². The minimum absolute atomic E-state index is 0.0232. The largest absolute Gasteiger partial charge is 0.488 e. The van der Waals surface area contributed by atoms with Gasteiger partial charge in [-0.3, -0.25) is 9.59 Å². The molecule has 0 bridgehead atoms. The van der Waals surface area contributed by atoms with Crippen LogP contribution in [0.3, 0.4) is 0 Å². The Labute approximate surface area is 171 Å². The molecular weight excluding hydrogens is 368 g/mol. The van der Waals surface area contributed by atoms with E-state index in [4.69, 9.17) is 4.74 Å². The molecule has 1 aliphatic heterocycles. The smallest absolute Gasteiger partial charge is 0.279 e. The summed E-state index contributed by atoms with van der Waals surface area (Å²) in [5.41, 5.74) is 1.19. The third kappa shape index (κ3) is 6.58. The first kappa shape index (κ1) is 20.8. The number of rotatable bonds is 8. The molecule has 2 amide bonds. The average Bonchev–Trinajstić information content (AvgIpc) is 2.75. The van der Waals surface area contributed by atoms with Crippen LogP contribution >= 0.6 is 0 Å². The van der Waals surface area contributed by atoms with Crippen molar-refractivity contribution in [2.24, 2.45) is 0 Å². The third-order valence-electron chi connectivity index (χ3n) is 5.18. The van der Waals surface area contributed by atoms with Crippen molar-refractivity contribution < 1.29 is 24.1 Å². The van der Waals surface area contributed by atoms with Crippen molar-refractivity contribution in [1.82, 2.24) is 5.32 Å². The highest BCUT2D eigenvalue weighted by atomic mass is 16.5. The average molecular weight is 399 g/mol. The maximum atomic E-state index is 12.4. The second kappa shape index (κ2) is 10.6. The van der Waals surface area contributed by atoms with Gasteiger partial charge in [0.25, 0.3) is 11.8 Å². The maximum absolute atomic E-state index is 12.4. The van der Waals surface area contributed by atoms with Crippen molar-refractivity contribution in [3.63, 3.8) is 0 Å². The van der Waals surface area contributed by atoms with E-state index in [1.54, 1.807) is 31.3 Å². The van der Waals surface area contributed by atoms with E-state index in [1.165, 1.54) is 9.80 Å². The van der Waals surface area contributed by atoms with Crippen LogP contribution in [0.2, 0.25) is 0 Å². The van der Waals surface area contributed by atoms with Crippen LogP contribution in [0.1, 0.15) is 10.4 Å². The fourth-order valence-electron chi connectivity index (χ4n) is 3.53. The Hall–Kier alpha value is -2.90. The Morgan fingerprint density at radius 1 is 0.966 bits per heavy atom. The topological polar surface area (TPSA) is 76.3 Å². The standard InChI is InChI=1S/C22H28N4O3/c1-23-22(28)18-6-5-7-19(16-18)24-21(27)17-26-12-10-25(11-13-26)14-15-29-20-8-3-2-4-9-20/h2-9,16H,10-15,17H2,1H3,(H,23,28)(H,24,27)/p+2. The molecule has 1 saturated heterocycles. The molecule has 29 heavy (non-hydrogen) atoms. The van der Waals surface area contributed by atoms with Gasteiger partial charge in [0.15, 0.2) is 6.54 Å². The van der Waals surface area contributed by atoms with Crippen molar-refractivity contribution in [2.75, 3.05) is 58.2 Å². The summed E-state index contributed by atoms with van der Waals surface area (Å²) >= 11 is 0. The Morgan fingerprint density at radius 2 is 1.69 bits per heavy atom. The number of nitrogens with one attached hydrogen (secondary N) is 4. The molecule has 3 rings (SSSR count). The highest BCUT2D eigenvalue weighted by molar-refractivity contribution is 5.97. The zero-order valence-electron chi connectivity index (χ0n) is 16.9. The number of piperazine rings is 1. The number of ether oxygens (including phenoxy) is 1. The first-order chi connectivity index (χ1) is 14.1. The van der Waals surface area contributed by atoms with Gasteiger partial charge in [-0.15, -0.1) is 0 Å². The summed E-state index contributed by atoms with van der Waals surface area (Å²) in [4.78, 5) is 26.9. The summed E-state index contributed by atoms with van der Waals surface area (Å²) in [5, 5.41) is 5.49. The summed E-state index contributed by atoms with van der Waals surface area (Å²) < 4.78 is 5.78. The predicted molar refractivity (Wildman–Crippen MR) is 112 cm³/mol. The van der Waals surface area contributed by atoms with Gasteiger partial charge in [-0.2, -0.15) is 0 Å². The van der Waals surface area contributed by atoms with Gasteiger partial charge in [0, 0.05) is 18.3 Å². The minimum atomic E-state index is -0.165. The maximum Gasteiger partial charge on any atom is 0.279 e. The molecule has 4 N–H and O–H groups in total. The number of anilines is 1. The normalized spacial score (nSPS) is 18.7. The van der Waals surface area contributed by atoms with Crippen LogP contribution in [0.15, 0.2) is 54.6 Å². The van der Waals surface area contributed by atoms with Gasteiger partial charge < -0.3 is 25.2 Å². The molecule has 0 atom stereocenters. The van der Waals surface area contributed by atoms with Gasteiger partial charge >= 0.3 is 0 Å². The molecule has 0 aromatic heterocycles. The third-order valence-corrected chi connectivity index (χ3v) is 5.18. The van der Waals surface area contributed by atoms with Crippen molar-refractivity contribution in [1.29, 1.82) is 0 Å². The van der Waals surface area contributed by atoms with Crippen molar-refractivity contribution in [3.8, 4) is 5.75 Å². The van der Waals surface area contributed by atoms with Gasteiger partial charge in [0.1, 0.15) is 45.1 Å². The number of amides is 2. The Bertz CT molecular complexity index is 805. The summed E-state index contributed by atoms with van der Waals surface area (Å²) in [7, 11) is 1.59. The van der Waals surface area contributed by atoms with Crippen LogP contribution in [0.5, 0.6) is 5.75 Å². The van der Waals surface area contributed by atoms with Crippen LogP contribution < -0.4 is 25.2 Å². The fourth-order valence-corrected chi connectivity index (χ4v) is 3.53. The Balaban J connectivity index is 1.37. The van der Waals surface area contributed by atoms with Gasteiger partial charge in [0.2, 0.25) is 0 Å². The van der Waals surface area contributed by atoms with Crippen LogP contribution in [0, 0.1) is 0 Å². The molecule has 0 unspecified atom stereocenters. The molecule has 7 heteroatoms. The SMILES string of the molecule is CNC(=O)c1cccc(NC(=O)C[NH+]2CC[NH+](CCOc3ccccc3)CC2)c1. The van der Waals surface area contributed by atoms with Crippen LogP contribution in [0.25, 0.3) is 0 Å². The quantitative estimate of drug-likeness (QED) is 0.454. The lowest BCUT2D eigenvalue weighted by molar-refractivity contribution is -1.01. The first-order valence-corrected chi connectivity index (χ1v) is 10.1. The fraction of sp³-hybridized carbons (Fsp3) is 0.364.